The van der Waals surface area contributed by atoms with E-state index in [-0.39, 0.29) is 6.42 Å². The van der Waals surface area contributed by atoms with Crippen LogP contribution in [0.3, 0.4) is 0 Å². The van der Waals surface area contributed by atoms with Crippen molar-refractivity contribution < 1.29 is 9.90 Å². The van der Waals surface area contributed by atoms with Gasteiger partial charge in [0.1, 0.15) is 0 Å². The standard InChI is InChI=1S/C10H12BrNO2/c1-6-2-7(4-8(11)3-6)9(12)5-10(13)14/h2-4,9H,5,12H2,1H3,(H,13,14). The minimum Gasteiger partial charge on any atom is -0.481 e. The molecule has 1 rings (SSSR count). The molecule has 0 radical (unpaired) electrons. The number of carbonyl (C=O) groups is 1. The van der Waals surface area contributed by atoms with Crippen molar-refractivity contribution >= 4 is 21.9 Å². The van der Waals surface area contributed by atoms with Crippen LogP contribution in [0.15, 0.2) is 22.7 Å². The van der Waals surface area contributed by atoms with Crippen LogP contribution in [0, 0.1) is 6.92 Å². The average molecular weight is 258 g/mol. The number of aliphatic carboxylic acids is 1. The smallest absolute Gasteiger partial charge is 0.305 e. The van der Waals surface area contributed by atoms with E-state index >= 15 is 0 Å². The molecule has 0 spiro atoms. The second kappa shape index (κ2) is 4.57. The monoisotopic (exact) mass is 257 g/mol. The van der Waals surface area contributed by atoms with Crippen LogP contribution in [-0.2, 0) is 4.79 Å². The molecular formula is C10H12BrNO2. The fourth-order valence-corrected chi connectivity index (χ4v) is 1.91. The van der Waals surface area contributed by atoms with Gasteiger partial charge in [0.25, 0.3) is 0 Å². The minimum absolute atomic E-state index is 0.0457. The molecule has 0 aromatic heterocycles. The summed E-state index contributed by atoms with van der Waals surface area (Å²) in [6, 6.07) is 5.26. The number of benzene rings is 1. The Morgan fingerprint density at radius 3 is 2.71 bits per heavy atom. The van der Waals surface area contributed by atoms with E-state index in [0.717, 1.165) is 15.6 Å². The summed E-state index contributed by atoms with van der Waals surface area (Å²) in [7, 11) is 0. The Labute approximate surface area is 91.1 Å². The van der Waals surface area contributed by atoms with Crippen molar-refractivity contribution in [3.63, 3.8) is 0 Å². The van der Waals surface area contributed by atoms with Crippen molar-refractivity contribution in [2.24, 2.45) is 5.73 Å². The number of carboxylic acids is 1. The van der Waals surface area contributed by atoms with Crippen LogP contribution in [0.5, 0.6) is 0 Å². The Hall–Kier alpha value is -0.870. The summed E-state index contributed by atoms with van der Waals surface area (Å²) >= 11 is 3.34. The maximum Gasteiger partial charge on any atom is 0.305 e. The molecule has 1 aromatic rings. The first-order valence-electron chi connectivity index (χ1n) is 4.23. The van der Waals surface area contributed by atoms with Crippen molar-refractivity contribution in [3.8, 4) is 0 Å². The third kappa shape index (κ3) is 3.12. The molecule has 1 unspecified atom stereocenters. The number of carboxylic acid groups (broad SMARTS) is 1. The van der Waals surface area contributed by atoms with Crippen LogP contribution < -0.4 is 5.73 Å². The van der Waals surface area contributed by atoms with Crippen molar-refractivity contribution in [3.05, 3.63) is 33.8 Å². The number of nitrogens with two attached hydrogens (primary N) is 1. The third-order valence-corrected chi connectivity index (χ3v) is 2.34. The molecule has 0 saturated heterocycles. The van der Waals surface area contributed by atoms with Gasteiger partial charge in [-0.2, -0.15) is 0 Å². The minimum atomic E-state index is -0.880. The normalized spacial score (nSPS) is 12.5. The summed E-state index contributed by atoms with van der Waals surface area (Å²) in [6.45, 7) is 1.95. The van der Waals surface area contributed by atoms with Gasteiger partial charge in [-0.15, -0.1) is 0 Å². The number of aryl methyl sites for hydroxylation is 1. The maximum atomic E-state index is 10.5. The third-order valence-electron chi connectivity index (χ3n) is 1.89. The summed E-state index contributed by atoms with van der Waals surface area (Å²) in [5, 5.41) is 8.59. The second-order valence-corrected chi connectivity index (χ2v) is 4.18. The molecular weight excluding hydrogens is 246 g/mol. The molecule has 76 valence electrons. The first kappa shape index (κ1) is 11.2. The highest BCUT2D eigenvalue weighted by Crippen LogP contribution is 2.21. The van der Waals surface area contributed by atoms with Gasteiger partial charge in [-0.1, -0.05) is 22.0 Å². The van der Waals surface area contributed by atoms with Crippen LogP contribution >= 0.6 is 15.9 Å². The van der Waals surface area contributed by atoms with Crippen LogP contribution in [0.4, 0.5) is 0 Å². The van der Waals surface area contributed by atoms with Crippen LogP contribution in [0.1, 0.15) is 23.6 Å². The average Bonchev–Trinajstić information content (AvgIpc) is 2.00. The molecule has 0 heterocycles. The van der Waals surface area contributed by atoms with Gasteiger partial charge < -0.3 is 10.8 Å². The van der Waals surface area contributed by atoms with Crippen LogP contribution in [0.2, 0.25) is 0 Å². The molecule has 14 heavy (non-hydrogen) atoms. The van der Waals surface area contributed by atoms with E-state index in [2.05, 4.69) is 15.9 Å². The summed E-state index contributed by atoms with van der Waals surface area (Å²) in [5.41, 5.74) is 7.64. The van der Waals surface area contributed by atoms with E-state index in [1.54, 1.807) is 0 Å². The summed E-state index contributed by atoms with van der Waals surface area (Å²) in [4.78, 5) is 10.5. The van der Waals surface area contributed by atoms with E-state index in [9.17, 15) is 4.79 Å². The molecule has 1 aromatic carbocycles. The molecule has 0 fully saturated rings. The number of halogens is 1. The fourth-order valence-electron chi connectivity index (χ4n) is 1.28. The molecule has 1 atom stereocenters. The number of hydrogen-bond donors (Lipinski definition) is 2. The zero-order chi connectivity index (χ0) is 10.7. The van der Waals surface area contributed by atoms with Gasteiger partial charge in [-0.05, 0) is 30.2 Å². The highest BCUT2D eigenvalue weighted by atomic mass is 79.9. The Morgan fingerprint density at radius 1 is 1.57 bits per heavy atom. The largest absolute Gasteiger partial charge is 0.481 e. The molecule has 0 aliphatic heterocycles. The Kier molecular flexibility index (Phi) is 3.66. The van der Waals surface area contributed by atoms with Crippen LogP contribution in [-0.4, -0.2) is 11.1 Å². The topological polar surface area (TPSA) is 63.3 Å². The predicted molar refractivity (Wildman–Crippen MR) is 58.1 cm³/mol. The second-order valence-electron chi connectivity index (χ2n) is 3.27. The van der Waals surface area contributed by atoms with E-state index < -0.39 is 12.0 Å². The highest BCUT2D eigenvalue weighted by Gasteiger charge is 2.11. The Balaban J connectivity index is 2.89. The molecule has 3 nitrogen and oxygen atoms in total. The van der Waals surface area contributed by atoms with E-state index in [1.807, 2.05) is 25.1 Å². The van der Waals surface area contributed by atoms with Crippen molar-refractivity contribution in [1.82, 2.24) is 0 Å². The van der Waals surface area contributed by atoms with E-state index in [0.29, 0.717) is 0 Å². The van der Waals surface area contributed by atoms with Gasteiger partial charge in [0.2, 0.25) is 0 Å². The lowest BCUT2D eigenvalue weighted by atomic mass is 10.0. The first-order valence-corrected chi connectivity index (χ1v) is 5.03. The zero-order valence-corrected chi connectivity index (χ0v) is 9.41. The van der Waals surface area contributed by atoms with E-state index in [1.165, 1.54) is 0 Å². The van der Waals surface area contributed by atoms with Crippen LogP contribution in [0.25, 0.3) is 0 Å². The Morgan fingerprint density at radius 2 is 2.21 bits per heavy atom. The zero-order valence-electron chi connectivity index (χ0n) is 7.83. The lowest BCUT2D eigenvalue weighted by Crippen LogP contribution is -2.15. The summed E-state index contributed by atoms with van der Waals surface area (Å²) in [6.07, 6.45) is -0.0457. The summed E-state index contributed by atoms with van der Waals surface area (Å²) < 4.78 is 0.924. The van der Waals surface area contributed by atoms with Crippen molar-refractivity contribution in [2.45, 2.75) is 19.4 Å². The number of rotatable bonds is 3. The van der Waals surface area contributed by atoms with Gasteiger partial charge in [-0.25, -0.2) is 0 Å². The first-order chi connectivity index (χ1) is 6.49. The number of hydrogen-bond acceptors (Lipinski definition) is 2. The lowest BCUT2D eigenvalue weighted by molar-refractivity contribution is -0.137. The molecule has 3 N–H and O–H groups in total. The van der Waals surface area contributed by atoms with Gasteiger partial charge >= 0.3 is 5.97 Å². The Bertz CT molecular complexity index is 332. The van der Waals surface area contributed by atoms with Gasteiger partial charge in [0, 0.05) is 10.5 Å². The quantitative estimate of drug-likeness (QED) is 0.873. The molecule has 0 aliphatic rings. The molecule has 0 amide bonds. The summed E-state index contributed by atoms with van der Waals surface area (Å²) in [5.74, 6) is -0.880. The van der Waals surface area contributed by atoms with E-state index in [4.69, 9.17) is 10.8 Å². The highest BCUT2D eigenvalue weighted by molar-refractivity contribution is 9.10. The van der Waals surface area contributed by atoms with Gasteiger partial charge in [0.15, 0.2) is 0 Å². The fraction of sp³-hybridized carbons (Fsp3) is 0.300. The lowest BCUT2D eigenvalue weighted by Gasteiger charge is -2.10. The molecule has 0 saturated carbocycles. The van der Waals surface area contributed by atoms with Gasteiger partial charge in [0.05, 0.1) is 6.42 Å². The van der Waals surface area contributed by atoms with Gasteiger partial charge in [-0.3, -0.25) is 4.79 Å². The van der Waals surface area contributed by atoms with Crippen molar-refractivity contribution in [2.75, 3.05) is 0 Å². The molecule has 0 bridgehead atoms. The predicted octanol–water partition coefficient (Wildman–Crippen LogP) is 2.23. The van der Waals surface area contributed by atoms with Crippen molar-refractivity contribution in [1.29, 1.82) is 0 Å². The SMILES string of the molecule is Cc1cc(Br)cc(C(N)CC(=O)O)c1. The maximum absolute atomic E-state index is 10.5. The molecule has 4 heteroatoms. The molecule has 0 aliphatic carbocycles.